The summed E-state index contributed by atoms with van der Waals surface area (Å²) in [7, 11) is 0. The minimum absolute atomic E-state index is 0.0626. The molecular weight excluding hydrogens is 421 g/mol. The number of benzene rings is 3. The minimum atomic E-state index is -0.196. The summed E-state index contributed by atoms with van der Waals surface area (Å²) in [6, 6.07) is 16.5. The minimum Gasteiger partial charge on any atom is -0.222 e. The first-order chi connectivity index (χ1) is 16.4. The van der Waals surface area contributed by atoms with Crippen molar-refractivity contribution in [2.45, 2.75) is 65.8 Å². The zero-order chi connectivity index (χ0) is 23.8. The summed E-state index contributed by atoms with van der Waals surface area (Å²) < 4.78 is 19.9. The highest BCUT2D eigenvalue weighted by Gasteiger charge is 2.39. The van der Waals surface area contributed by atoms with Gasteiger partial charge in [-0.15, -0.1) is 0 Å². The van der Waals surface area contributed by atoms with E-state index in [4.69, 9.17) is 4.98 Å². The quantitative estimate of drug-likeness (QED) is 0.267. The third kappa shape index (κ3) is 2.74. The second-order valence-electron chi connectivity index (χ2n) is 10.1. The van der Waals surface area contributed by atoms with E-state index in [9.17, 15) is 0 Å². The van der Waals surface area contributed by atoms with Crippen LogP contribution in [-0.4, -0.2) is 9.38 Å². The molecule has 1 aliphatic rings. The Balaban J connectivity index is 1.91. The van der Waals surface area contributed by atoms with Crippen molar-refractivity contribution in [2.75, 3.05) is 0 Å². The third-order valence-electron chi connectivity index (χ3n) is 8.26. The monoisotopic (exact) mass is 452 g/mol. The Morgan fingerprint density at radius 1 is 1.00 bits per heavy atom. The first-order valence-electron chi connectivity index (χ1n) is 12.4. The summed E-state index contributed by atoms with van der Waals surface area (Å²) in [4.78, 5) is 5.23. The summed E-state index contributed by atoms with van der Waals surface area (Å²) in [5.74, 6) is 0.697. The van der Waals surface area contributed by atoms with Gasteiger partial charge in [0.05, 0.1) is 17.4 Å². The summed E-state index contributed by atoms with van der Waals surface area (Å²) in [6.07, 6.45) is 2.95. The van der Waals surface area contributed by atoms with E-state index in [0.29, 0.717) is 0 Å². The van der Waals surface area contributed by atoms with Crippen molar-refractivity contribution >= 4 is 27.6 Å². The van der Waals surface area contributed by atoms with Crippen LogP contribution >= 0.6 is 0 Å². The highest BCUT2D eigenvalue weighted by atomic mass is 19.1. The van der Waals surface area contributed by atoms with Crippen LogP contribution in [0, 0.1) is 26.6 Å². The Kier molecular flexibility index (Phi) is 4.61. The molecule has 6 rings (SSSR count). The van der Waals surface area contributed by atoms with E-state index in [0.717, 1.165) is 64.8 Å². The van der Waals surface area contributed by atoms with Crippen LogP contribution in [0.15, 0.2) is 48.5 Å². The van der Waals surface area contributed by atoms with Crippen LogP contribution in [0.3, 0.4) is 0 Å². The van der Waals surface area contributed by atoms with Crippen molar-refractivity contribution in [2.24, 2.45) is 0 Å². The number of nitrogens with zero attached hydrogens (tertiary/aromatic N) is 3. The van der Waals surface area contributed by atoms with E-state index in [1.54, 1.807) is 12.1 Å². The van der Waals surface area contributed by atoms with E-state index < -0.39 is 0 Å². The molecule has 0 bridgehead atoms. The maximum atomic E-state index is 15.2. The Bertz CT molecular complexity index is 1600. The lowest BCUT2D eigenvalue weighted by Gasteiger charge is -2.31. The Labute approximate surface area is 199 Å². The van der Waals surface area contributed by atoms with E-state index >= 15 is 4.39 Å². The first-order valence-corrected chi connectivity index (χ1v) is 12.4. The number of aromatic nitrogens is 3. The number of para-hydroxylation sites is 2. The van der Waals surface area contributed by atoms with Crippen LogP contribution in [0.1, 0.15) is 55.4 Å². The predicted molar refractivity (Wildman–Crippen MR) is 137 cm³/mol. The first kappa shape index (κ1) is 21.3. The average molecular weight is 453 g/mol. The van der Waals surface area contributed by atoms with Crippen molar-refractivity contribution in [1.29, 1.82) is 0 Å². The van der Waals surface area contributed by atoms with Crippen molar-refractivity contribution in [3.05, 3.63) is 76.6 Å². The SMILES string of the molecule is CCC1(CC)CC[n+]2c3ccccc3n3c(-c4c(C)cc(C)cc4C)nc4cc(F)cc1c4c32. The van der Waals surface area contributed by atoms with Crippen LogP contribution in [0.2, 0.25) is 0 Å². The smallest absolute Gasteiger partial charge is 0.222 e. The van der Waals surface area contributed by atoms with Gasteiger partial charge in [-0.05, 0) is 80.3 Å². The predicted octanol–water partition coefficient (Wildman–Crippen LogP) is 7.12. The summed E-state index contributed by atoms with van der Waals surface area (Å²) >= 11 is 0. The van der Waals surface area contributed by atoms with Crippen LogP contribution < -0.4 is 4.57 Å². The number of fused-ring (bicyclic) bond motifs is 3. The molecule has 172 valence electrons. The highest BCUT2D eigenvalue weighted by molar-refractivity contribution is 5.99. The third-order valence-corrected chi connectivity index (χ3v) is 8.26. The van der Waals surface area contributed by atoms with Gasteiger partial charge in [0.1, 0.15) is 5.82 Å². The second-order valence-corrected chi connectivity index (χ2v) is 10.1. The molecule has 0 spiro atoms. The van der Waals surface area contributed by atoms with Gasteiger partial charge in [0.15, 0.2) is 11.0 Å². The van der Waals surface area contributed by atoms with Crippen LogP contribution in [-0.2, 0) is 12.0 Å². The van der Waals surface area contributed by atoms with Crippen molar-refractivity contribution in [3.8, 4) is 11.4 Å². The van der Waals surface area contributed by atoms with Gasteiger partial charge in [0, 0.05) is 11.6 Å². The maximum Gasteiger partial charge on any atom is 0.298 e. The number of hydrogen-bond acceptors (Lipinski definition) is 1. The average Bonchev–Trinajstić information content (AvgIpc) is 3.05. The van der Waals surface area contributed by atoms with Gasteiger partial charge in [-0.2, -0.15) is 4.40 Å². The van der Waals surface area contributed by atoms with Gasteiger partial charge < -0.3 is 0 Å². The molecule has 4 heteroatoms. The summed E-state index contributed by atoms with van der Waals surface area (Å²) in [5, 5.41) is 1.10. The summed E-state index contributed by atoms with van der Waals surface area (Å²) in [5.41, 5.74) is 10.1. The molecule has 0 amide bonds. The van der Waals surface area contributed by atoms with Gasteiger partial charge >= 0.3 is 0 Å². The fraction of sp³-hybridized carbons (Fsp3) is 0.333. The van der Waals surface area contributed by atoms with Crippen LogP contribution in [0.25, 0.3) is 39.0 Å². The number of halogens is 1. The Morgan fingerprint density at radius 2 is 1.71 bits per heavy atom. The largest absolute Gasteiger partial charge is 0.298 e. The fourth-order valence-electron chi connectivity index (χ4n) is 6.56. The van der Waals surface area contributed by atoms with Gasteiger partial charge in [-0.3, -0.25) is 0 Å². The molecule has 0 atom stereocenters. The molecule has 0 fully saturated rings. The molecule has 0 N–H and O–H groups in total. The van der Waals surface area contributed by atoms with E-state index in [1.807, 2.05) is 0 Å². The standard InChI is InChI=1S/C30H31FN3/c1-6-30(7-2)12-13-33-24-10-8-9-11-25(24)34-28(26-19(4)14-18(3)15-20(26)5)32-23-17-21(31)16-22(30)27(23)29(33)34/h8-11,14-17H,6-7,12-13H2,1-5H3/q+1. The number of rotatable bonds is 3. The lowest BCUT2D eigenvalue weighted by molar-refractivity contribution is -0.646. The molecule has 0 aliphatic carbocycles. The maximum absolute atomic E-state index is 15.2. The van der Waals surface area contributed by atoms with E-state index in [-0.39, 0.29) is 11.2 Å². The van der Waals surface area contributed by atoms with E-state index in [1.165, 1.54) is 22.2 Å². The second kappa shape index (κ2) is 7.36. The van der Waals surface area contributed by atoms with Crippen LogP contribution in [0.4, 0.5) is 4.39 Å². The molecule has 34 heavy (non-hydrogen) atoms. The molecule has 3 aromatic carbocycles. The summed E-state index contributed by atoms with van der Waals surface area (Å²) in [6.45, 7) is 11.8. The van der Waals surface area contributed by atoms with Gasteiger partial charge in [0.2, 0.25) is 5.82 Å². The number of hydrogen-bond donors (Lipinski definition) is 0. The highest BCUT2D eigenvalue weighted by Crippen LogP contribution is 2.44. The molecule has 3 heterocycles. The zero-order valence-electron chi connectivity index (χ0n) is 20.7. The molecule has 3 nitrogen and oxygen atoms in total. The van der Waals surface area contributed by atoms with Crippen molar-refractivity contribution < 1.29 is 8.96 Å². The molecule has 1 aliphatic heterocycles. The molecule has 0 unspecified atom stereocenters. The lowest BCUT2D eigenvalue weighted by Crippen LogP contribution is -2.36. The van der Waals surface area contributed by atoms with Gasteiger partial charge in [0.25, 0.3) is 5.65 Å². The molecule has 2 aromatic heterocycles. The zero-order valence-corrected chi connectivity index (χ0v) is 20.7. The number of imidazole rings is 1. The lowest BCUT2D eigenvalue weighted by atomic mass is 9.72. The topological polar surface area (TPSA) is 21.2 Å². The molecule has 0 radical (unpaired) electrons. The Morgan fingerprint density at radius 3 is 2.41 bits per heavy atom. The molecular formula is C30H31FN3+. The van der Waals surface area contributed by atoms with Crippen molar-refractivity contribution in [3.63, 3.8) is 0 Å². The number of aryl methyl sites for hydroxylation is 4. The van der Waals surface area contributed by atoms with Gasteiger partial charge in [-0.25, -0.2) is 13.9 Å². The van der Waals surface area contributed by atoms with Gasteiger partial charge in [-0.1, -0.05) is 43.7 Å². The van der Waals surface area contributed by atoms with E-state index in [2.05, 4.69) is 80.0 Å². The fourth-order valence-corrected chi connectivity index (χ4v) is 6.56. The molecule has 5 aromatic rings. The normalized spacial score (nSPS) is 15.0. The molecule has 0 saturated heterocycles. The van der Waals surface area contributed by atoms with Crippen molar-refractivity contribution in [1.82, 2.24) is 9.38 Å². The Hall–Kier alpha value is -3.27. The van der Waals surface area contributed by atoms with Crippen LogP contribution in [0.5, 0.6) is 0 Å². The molecule has 0 saturated carbocycles.